The highest BCUT2D eigenvalue weighted by Gasteiger charge is 2.39. The van der Waals surface area contributed by atoms with E-state index in [-0.39, 0.29) is 11.3 Å². The van der Waals surface area contributed by atoms with Gasteiger partial charge in [-0.3, -0.25) is 14.7 Å². The number of nitriles is 1. The minimum absolute atomic E-state index is 0.147. The van der Waals surface area contributed by atoms with Gasteiger partial charge in [0, 0.05) is 31.6 Å². The number of likely N-dealkylation sites (tertiary alicyclic amines) is 1. The molecule has 1 fully saturated rings. The molecule has 8 nitrogen and oxygen atoms in total. The lowest BCUT2D eigenvalue weighted by Gasteiger charge is -2.44. The maximum atomic E-state index is 13.0. The fourth-order valence-electron chi connectivity index (χ4n) is 4.82. The zero-order valence-corrected chi connectivity index (χ0v) is 19.7. The van der Waals surface area contributed by atoms with E-state index in [1.807, 2.05) is 48.3 Å². The van der Waals surface area contributed by atoms with Crippen LogP contribution in [0.4, 0.5) is 0 Å². The van der Waals surface area contributed by atoms with Crippen molar-refractivity contribution >= 4 is 17.7 Å². The zero-order valence-electron chi connectivity index (χ0n) is 19.7. The monoisotopic (exact) mass is 458 g/mol. The molecule has 2 aromatic carbocycles. The van der Waals surface area contributed by atoms with Crippen LogP contribution >= 0.6 is 0 Å². The van der Waals surface area contributed by atoms with Crippen molar-refractivity contribution in [1.82, 2.24) is 15.1 Å². The number of hydrogen-bond acceptors (Lipinski definition) is 5. The molecule has 0 radical (unpaired) electrons. The molecule has 1 amide bonds. The summed E-state index contributed by atoms with van der Waals surface area (Å²) in [7, 11) is 1.57. The summed E-state index contributed by atoms with van der Waals surface area (Å²) in [6.07, 6.45) is 3.60. The number of rotatable bonds is 5. The first kappa shape index (κ1) is 23.3. The van der Waals surface area contributed by atoms with E-state index in [1.54, 1.807) is 19.2 Å². The standard InChI is InChI=1S/C26H30N6O2/c1-20-28-14-17-32(20)25(30-19-27)31-15-12-26(13-16-31,21-8-4-3-5-9-21)18-29-24(33)22-10-6-7-11-23(22)34-2/h3-11H,12-18H2,1-2H3,(H,29,33)/b30-25+. The first-order valence-electron chi connectivity index (χ1n) is 11.5. The van der Waals surface area contributed by atoms with Crippen LogP contribution in [0.25, 0.3) is 0 Å². The fourth-order valence-corrected chi connectivity index (χ4v) is 4.82. The van der Waals surface area contributed by atoms with Gasteiger partial charge < -0.3 is 15.0 Å². The highest BCUT2D eigenvalue weighted by atomic mass is 16.5. The molecule has 4 rings (SSSR count). The molecule has 0 aromatic heterocycles. The molecule has 0 aliphatic carbocycles. The van der Waals surface area contributed by atoms with E-state index in [1.165, 1.54) is 5.56 Å². The topological polar surface area (TPSA) is 93.3 Å². The number of guanidine groups is 1. The third-order valence-electron chi connectivity index (χ3n) is 6.77. The number of benzene rings is 2. The Morgan fingerprint density at radius 1 is 1.15 bits per heavy atom. The normalized spacial score (nSPS) is 17.7. The quantitative estimate of drug-likeness (QED) is 0.422. The van der Waals surface area contributed by atoms with Gasteiger partial charge in [0.25, 0.3) is 5.91 Å². The molecule has 0 spiro atoms. The van der Waals surface area contributed by atoms with E-state index in [2.05, 4.69) is 32.3 Å². The van der Waals surface area contributed by atoms with E-state index in [0.717, 1.165) is 38.3 Å². The fraction of sp³-hybridized carbons (Fsp3) is 0.385. The van der Waals surface area contributed by atoms with Crippen molar-refractivity contribution in [2.75, 3.05) is 39.8 Å². The van der Waals surface area contributed by atoms with Gasteiger partial charge in [-0.25, -0.2) is 0 Å². The number of nitrogens with one attached hydrogen (secondary N) is 1. The minimum Gasteiger partial charge on any atom is -0.496 e. The van der Waals surface area contributed by atoms with Crippen molar-refractivity contribution in [3.8, 4) is 11.9 Å². The molecule has 2 aromatic rings. The third-order valence-corrected chi connectivity index (χ3v) is 6.77. The lowest BCUT2D eigenvalue weighted by atomic mass is 9.72. The average Bonchev–Trinajstić information content (AvgIpc) is 3.32. The molecular weight excluding hydrogens is 428 g/mol. The largest absolute Gasteiger partial charge is 0.496 e. The summed E-state index contributed by atoms with van der Waals surface area (Å²) < 4.78 is 5.37. The van der Waals surface area contributed by atoms with Gasteiger partial charge in [0.2, 0.25) is 12.2 Å². The number of nitrogens with zero attached hydrogens (tertiary/aromatic N) is 5. The molecule has 8 heteroatoms. The summed E-state index contributed by atoms with van der Waals surface area (Å²) in [4.78, 5) is 25.8. The maximum absolute atomic E-state index is 13.0. The first-order valence-corrected chi connectivity index (χ1v) is 11.5. The Bertz CT molecular complexity index is 1110. The van der Waals surface area contributed by atoms with Crippen molar-refractivity contribution in [1.29, 1.82) is 5.26 Å². The highest BCUT2D eigenvalue weighted by molar-refractivity contribution is 6.00. The Labute approximate surface area is 200 Å². The van der Waals surface area contributed by atoms with Gasteiger partial charge in [0.05, 0.1) is 19.2 Å². The van der Waals surface area contributed by atoms with Gasteiger partial charge in [-0.2, -0.15) is 5.26 Å². The lowest BCUT2D eigenvalue weighted by Crippen LogP contribution is -2.54. The molecule has 2 aliphatic heterocycles. The SMILES string of the molecule is COc1ccccc1C(=O)NCC1(c2ccccc2)CCN(/C(=N\C#N)N2CCN=C2C)CC1. The number of aliphatic imine (C=N–C) groups is 2. The molecule has 34 heavy (non-hydrogen) atoms. The number of amidine groups is 1. The van der Waals surface area contributed by atoms with Gasteiger partial charge in [0.15, 0.2) is 0 Å². The van der Waals surface area contributed by atoms with Crippen LogP contribution in [0.2, 0.25) is 0 Å². The van der Waals surface area contributed by atoms with Crippen LogP contribution in [0.5, 0.6) is 5.75 Å². The highest BCUT2D eigenvalue weighted by Crippen LogP contribution is 2.36. The van der Waals surface area contributed by atoms with E-state index in [0.29, 0.717) is 30.4 Å². The summed E-state index contributed by atoms with van der Waals surface area (Å²) in [6.45, 7) is 5.37. The number of piperidine rings is 1. The van der Waals surface area contributed by atoms with Crippen molar-refractivity contribution in [3.63, 3.8) is 0 Å². The first-order chi connectivity index (χ1) is 16.6. The molecule has 0 saturated carbocycles. The second-order valence-corrected chi connectivity index (χ2v) is 8.61. The summed E-state index contributed by atoms with van der Waals surface area (Å²) >= 11 is 0. The van der Waals surface area contributed by atoms with Crippen molar-refractivity contribution in [3.05, 3.63) is 65.7 Å². The van der Waals surface area contributed by atoms with Crippen LogP contribution in [0.15, 0.2) is 64.6 Å². The lowest BCUT2D eigenvalue weighted by molar-refractivity contribution is 0.0928. The number of carbonyl (C=O) groups excluding carboxylic acids is 1. The Morgan fingerprint density at radius 3 is 2.50 bits per heavy atom. The average molecular weight is 459 g/mol. The minimum atomic E-state index is -0.221. The molecule has 0 bridgehead atoms. The number of amides is 1. The van der Waals surface area contributed by atoms with E-state index in [9.17, 15) is 10.1 Å². The summed E-state index contributed by atoms with van der Waals surface area (Å²) in [6, 6.07) is 17.6. The number of para-hydroxylation sites is 1. The second kappa shape index (κ2) is 10.4. The number of methoxy groups -OCH3 is 1. The summed E-state index contributed by atoms with van der Waals surface area (Å²) in [5, 5.41) is 12.5. The molecule has 0 unspecified atom stereocenters. The van der Waals surface area contributed by atoms with Crippen LogP contribution in [-0.2, 0) is 5.41 Å². The van der Waals surface area contributed by atoms with Crippen LogP contribution in [0.3, 0.4) is 0 Å². The predicted octanol–water partition coefficient (Wildman–Crippen LogP) is 3.03. The van der Waals surface area contributed by atoms with Crippen molar-refractivity contribution in [2.45, 2.75) is 25.2 Å². The van der Waals surface area contributed by atoms with Crippen LogP contribution in [0, 0.1) is 11.5 Å². The molecule has 1 N–H and O–H groups in total. The van der Waals surface area contributed by atoms with Crippen molar-refractivity contribution < 1.29 is 9.53 Å². The van der Waals surface area contributed by atoms with Crippen molar-refractivity contribution in [2.24, 2.45) is 9.98 Å². The van der Waals surface area contributed by atoms with E-state index >= 15 is 0 Å². The zero-order chi connectivity index (χ0) is 24.0. The summed E-state index contributed by atoms with van der Waals surface area (Å²) in [5.41, 5.74) is 1.51. The number of carbonyl (C=O) groups is 1. The van der Waals surface area contributed by atoms with Gasteiger partial charge in [-0.15, -0.1) is 4.99 Å². The van der Waals surface area contributed by atoms with Gasteiger partial charge in [-0.05, 0) is 37.5 Å². The van der Waals surface area contributed by atoms with Crippen LogP contribution in [-0.4, -0.2) is 67.3 Å². The maximum Gasteiger partial charge on any atom is 0.255 e. The molecule has 176 valence electrons. The summed E-state index contributed by atoms with van der Waals surface area (Å²) in [5.74, 6) is 1.97. The number of hydrogen-bond donors (Lipinski definition) is 1. The Hall–Kier alpha value is -3.86. The van der Waals surface area contributed by atoms with Crippen LogP contribution in [0.1, 0.15) is 35.7 Å². The molecule has 2 aliphatic rings. The van der Waals surface area contributed by atoms with Gasteiger partial charge in [0.1, 0.15) is 11.6 Å². The Balaban J connectivity index is 1.53. The number of ether oxygens (including phenoxy) is 1. The third kappa shape index (κ3) is 4.74. The smallest absolute Gasteiger partial charge is 0.255 e. The van der Waals surface area contributed by atoms with Gasteiger partial charge >= 0.3 is 0 Å². The molecule has 2 heterocycles. The Morgan fingerprint density at radius 2 is 1.85 bits per heavy atom. The molecule has 0 atom stereocenters. The molecule has 1 saturated heterocycles. The predicted molar refractivity (Wildman–Crippen MR) is 132 cm³/mol. The Kier molecular flexibility index (Phi) is 7.12. The van der Waals surface area contributed by atoms with E-state index in [4.69, 9.17) is 4.74 Å². The van der Waals surface area contributed by atoms with Crippen LogP contribution < -0.4 is 10.1 Å². The second-order valence-electron chi connectivity index (χ2n) is 8.61. The van der Waals surface area contributed by atoms with Gasteiger partial charge in [-0.1, -0.05) is 42.5 Å². The molecular formula is C26H30N6O2. The van der Waals surface area contributed by atoms with E-state index < -0.39 is 0 Å².